The van der Waals surface area contributed by atoms with Gasteiger partial charge in [0.15, 0.2) is 7.29 Å². The third-order valence-corrected chi connectivity index (χ3v) is 5.83. The molecule has 0 aromatic heterocycles. The lowest BCUT2D eigenvalue weighted by atomic mass is 10.2. The average Bonchev–Trinajstić information content (AvgIpc) is 2.48. The van der Waals surface area contributed by atoms with Crippen LogP contribution in [0.1, 0.15) is 18.1 Å². The SMILES string of the molecule is C[C@@H](C=O)NP(=O)(Cc1ccccc1)Cc1ccccc1. The highest BCUT2D eigenvalue weighted by Gasteiger charge is 2.24. The van der Waals surface area contributed by atoms with Crippen molar-refractivity contribution in [2.75, 3.05) is 0 Å². The van der Waals surface area contributed by atoms with E-state index in [9.17, 15) is 9.36 Å². The summed E-state index contributed by atoms with van der Waals surface area (Å²) < 4.78 is 13.3. The lowest BCUT2D eigenvalue weighted by Gasteiger charge is -2.22. The van der Waals surface area contributed by atoms with Crippen LogP contribution in [0.4, 0.5) is 0 Å². The molecular weight excluding hydrogens is 281 g/mol. The maximum absolute atomic E-state index is 13.3. The number of benzene rings is 2. The number of hydrogen-bond donors (Lipinski definition) is 1. The molecule has 0 radical (unpaired) electrons. The van der Waals surface area contributed by atoms with E-state index in [0.29, 0.717) is 12.3 Å². The molecule has 0 aliphatic rings. The fraction of sp³-hybridized carbons (Fsp3) is 0.235. The molecule has 0 bridgehead atoms. The van der Waals surface area contributed by atoms with E-state index in [1.807, 2.05) is 60.7 Å². The number of carbonyl (C=O) groups is 1. The number of aldehydes is 1. The second-order valence-electron chi connectivity index (χ2n) is 5.23. The molecule has 0 aliphatic carbocycles. The molecule has 1 atom stereocenters. The van der Waals surface area contributed by atoms with Crippen molar-refractivity contribution in [2.45, 2.75) is 25.3 Å². The topological polar surface area (TPSA) is 46.2 Å². The molecule has 110 valence electrons. The maximum Gasteiger partial charge on any atom is 0.156 e. The lowest BCUT2D eigenvalue weighted by molar-refractivity contribution is -0.108. The van der Waals surface area contributed by atoms with E-state index in [-0.39, 0.29) is 0 Å². The Labute approximate surface area is 125 Å². The van der Waals surface area contributed by atoms with Gasteiger partial charge in [0.1, 0.15) is 6.29 Å². The summed E-state index contributed by atoms with van der Waals surface area (Å²) >= 11 is 0. The van der Waals surface area contributed by atoms with Crippen LogP contribution in [0.3, 0.4) is 0 Å². The minimum Gasteiger partial charge on any atom is -0.306 e. The van der Waals surface area contributed by atoms with Gasteiger partial charge in [-0.3, -0.25) is 5.09 Å². The van der Waals surface area contributed by atoms with E-state index < -0.39 is 13.3 Å². The van der Waals surface area contributed by atoms with Gasteiger partial charge in [0.2, 0.25) is 0 Å². The summed E-state index contributed by atoms with van der Waals surface area (Å²) in [6.07, 6.45) is 1.68. The van der Waals surface area contributed by atoms with Gasteiger partial charge in [-0.25, -0.2) is 0 Å². The summed E-state index contributed by atoms with van der Waals surface area (Å²) in [5.41, 5.74) is 2.03. The zero-order valence-electron chi connectivity index (χ0n) is 12.1. The van der Waals surface area contributed by atoms with Crippen LogP contribution < -0.4 is 5.09 Å². The molecule has 4 heteroatoms. The van der Waals surface area contributed by atoms with Crippen LogP contribution in [-0.2, 0) is 21.7 Å². The first kappa shape index (κ1) is 15.7. The Morgan fingerprint density at radius 1 is 0.952 bits per heavy atom. The van der Waals surface area contributed by atoms with Gasteiger partial charge in [-0.1, -0.05) is 60.7 Å². The van der Waals surface area contributed by atoms with Crippen molar-refractivity contribution in [3.05, 3.63) is 71.8 Å². The first-order valence-electron chi connectivity index (χ1n) is 7.00. The molecule has 3 nitrogen and oxygen atoms in total. The van der Waals surface area contributed by atoms with Gasteiger partial charge in [0, 0.05) is 12.3 Å². The molecule has 0 heterocycles. The lowest BCUT2D eigenvalue weighted by Crippen LogP contribution is -2.25. The zero-order valence-corrected chi connectivity index (χ0v) is 13.0. The Balaban J connectivity index is 2.21. The molecule has 0 amide bonds. The van der Waals surface area contributed by atoms with Crippen LogP contribution in [0.25, 0.3) is 0 Å². The monoisotopic (exact) mass is 301 g/mol. The maximum atomic E-state index is 13.3. The molecule has 2 rings (SSSR count). The highest BCUT2D eigenvalue weighted by atomic mass is 31.2. The van der Waals surface area contributed by atoms with E-state index in [1.54, 1.807) is 6.92 Å². The summed E-state index contributed by atoms with van der Waals surface area (Å²) in [4.78, 5) is 10.9. The van der Waals surface area contributed by atoms with Crippen molar-refractivity contribution in [1.82, 2.24) is 5.09 Å². The van der Waals surface area contributed by atoms with E-state index >= 15 is 0 Å². The van der Waals surface area contributed by atoms with E-state index in [4.69, 9.17) is 0 Å². The van der Waals surface area contributed by atoms with Gasteiger partial charge >= 0.3 is 0 Å². The fourth-order valence-electron chi connectivity index (χ4n) is 2.31. The van der Waals surface area contributed by atoms with Crippen LogP contribution in [-0.4, -0.2) is 12.3 Å². The van der Waals surface area contributed by atoms with Crippen molar-refractivity contribution in [3.8, 4) is 0 Å². The zero-order chi connectivity index (χ0) is 15.1. The smallest absolute Gasteiger partial charge is 0.156 e. The van der Waals surface area contributed by atoms with E-state index in [0.717, 1.165) is 17.4 Å². The van der Waals surface area contributed by atoms with Crippen LogP contribution in [0, 0.1) is 0 Å². The van der Waals surface area contributed by atoms with Gasteiger partial charge in [-0.15, -0.1) is 0 Å². The highest BCUT2D eigenvalue weighted by Crippen LogP contribution is 2.48. The molecular formula is C17H20NO2P. The minimum atomic E-state index is -2.72. The normalized spacial score (nSPS) is 12.8. The summed E-state index contributed by atoms with van der Waals surface area (Å²) in [7, 11) is -2.72. The Morgan fingerprint density at radius 3 is 1.76 bits per heavy atom. The van der Waals surface area contributed by atoms with Crippen LogP contribution >= 0.6 is 7.29 Å². The van der Waals surface area contributed by atoms with Crippen molar-refractivity contribution in [1.29, 1.82) is 0 Å². The van der Waals surface area contributed by atoms with E-state index in [2.05, 4.69) is 5.09 Å². The summed E-state index contributed by atoms with van der Waals surface area (Å²) in [5, 5.41) is 3.03. The predicted octanol–water partition coefficient (Wildman–Crippen LogP) is 3.84. The fourth-order valence-corrected chi connectivity index (χ4v) is 5.00. The first-order valence-corrected chi connectivity index (χ1v) is 9.08. The Hall–Kier alpha value is -1.70. The first-order chi connectivity index (χ1) is 10.1. The quantitative estimate of drug-likeness (QED) is 0.624. The van der Waals surface area contributed by atoms with Gasteiger partial charge < -0.3 is 9.36 Å². The molecule has 0 saturated heterocycles. The van der Waals surface area contributed by atoms with Crippen molar-refractivity contribution < 1.29 is 9.36 Å². The average molecular weight is 301 g/mol. The molecule has 2 aromatic rings. The molecule has 0 unspecified atom stereocenters. The summed E-state index contributed by atoms with van der Waals surface area (Å²) in [5.74, 6) is 0. The van der Waals surface area contributed by atoms with Gasteiger partial charge in [0.25, 0.3) is 0 Å². The van der Waals surface area contributed by atoms with Crippen LogP contribution in [0.5, 0.6) is 0 Å². The highest BCUT2D eigenvalue weighted by molar-refractivity contribution is 7.60. The Morgan fingerprint density at radius 2 is 1.38 bits per heavy atom. The van der Waals surface area contributed by atoms with Crippen LogP contribution in [0.2, 0.25) is 0 Å². The summed E-state index contributed by atoms with van der Waals surface area (Å²) in [6.45, 7) is 1.73. The van der Waals surface area contributed by atoms with E-state index in [1.165, 1.54) is 0 Å². The molecule has 0 aliphatic heterocycles. The van der Waals surface area contributed by atoms with Crippen molar-refractivity contribution in [2.24, 2.45) is 0 Å². The second-order valence-corrected chi connectivity index (χ2v) is 7.90. The number of carbonyl (C=O) groups excluding carboxylic acids is 1. The Kier molecular flexibility index (Phi) is 5.49. The van der Waals surface area contributed by atoms with Gasteiger partial charge in [-0.05, 0) is 18.1 Å². The molecule has 0 spiro atoms. The predicted molar refractivity (Wildman–Crippen MR) is 86.6 cm³/mol. The number of rotatable bonds is 7. The standard InChI is InChI=1S/C17H20NO2P/c1-15(12-19)18-21(20,13-16-8-4-2-5-9-16)14-17-10-6-3-7-11-17/h2-12,15H,13-14H2,1H3,(H,18,20)/t15-/m0/s1. The molecule has 0 saturated carbocycles. The Bertz CT molecular complexity index is 568. The van der Waals surface area contributed by atoms with Crippen LogP contribution in [0.15, 0.2) is 60.7 Å². The molecule has 1 N–H and O–H groups in total. The van der Waals surface area contributed by atoms with Crippen molar-refractivity contribution >= 4 is 13.6 Å². The van der Waals surface area contributed by atoms with Crippen molar-refractivity contribution in [3.63, 3.8) is 0 Å². The molecule has 2 aromatic carbocycles. The van der Waals surface area contributed by atoms with Gasteiger partial charge in [-0.2, -0.15) is 0 Å². The third kappa shape index (κ3) is 4.96. The molecule has 21 heavy (non-hydrogen) atoms. The number of hydrogen-bond acceptors (Lipinski definition) is 2. The molecule has 0 fully saturated rings. The largest absolute Gasteiger partial charge is 0.306 e. The summed E-state index contributed by atoms with van der Waals surface area (Å²) in [6, 6.07) is 19.1. The minimum absolute atomic E-state index is 0.414. The third-order valence-electron chi connectivity index (χ3n) is 3.20. The van der Waals surface area contributed by atoms with Gasteiger partial charge in [0.05, 0.1) is 6.04 Å². The number of nitrogens with one attached hydrogen (secondary N) is 1. The second kappa shape index (κ2) is 7.35.